The highest BCUT2D eigenvalue weighted by Gasteiger charge is 2.38. The lowest BCUT2D eigenvalue weighted by Crippen LogP contribution is -2.26. The van der Waals surface area contributed by atoms with Crippen LogP contribution in [0.5, 0.6) is 17.2 Å². The van der Waals surface area contributed by atoms with E-state index in [1.165, 1.54) is 0 Å². The highest BCUT2D eigenvalue weighted by atomic mass is 19.4. The molecule has 0 saturated carbocycles. The molecule has 0 aliphatic rings. The Morgan fingerprint density at radius 2 is 1.39 bits per heavy atom. The molecule has 0 bridgehead atoms. The Kier molecular flexibility index (Phi) is 9.51. The van der Waals surface area contributed by atoms with Gasteiger partial charge in [0.25, 0.3) is 0 Å². The monoisotopic (exact) mass is 501 g/mol. The maximum atomic E-state index is 12.8. The molecule has 1 rings (SSSR count). The van der Waals surface area contributed by atoms with Crippen LogP contribution in [0.4, 0.5) is 39.5 Å². The quantitative estimate of drug-likeness (QED) is 0.395. The number of halogens is 9. The average Bonchev–Trinajstić information content (AvgIpc) is 2.59. The van der Waals surface area contributed by atoms with Crippen LogP contribution in [0.25, 0.3) is 0 Å². The topological polar surface area (TPSA) is 91.0 Å². The van der Waals surface area contributed by atoms with E-state index in [1.54, 1.807) is 6.92 Å². The standard InChI is InChI=1S/C18H20F9NO5/c1-2-9(5-10(8-28)15(29)30)3-4-12-13(32-17(22,23)24)6-11(31-16(19,20)21)7-14(12)33-18(25,26)27/h6-7,9-10H,2-5,8,28H2,1H3,(H,29,30). The number of aliphatic carboxylic acids is 1. The van der Waals surface area contributed by atoms with Gasteiger partial charge in [-0.2, -0.15) is 0 Å². The van der Waals surface area contributed by atoms with E-state index in [-0.39, 0.29) is 31.5 Å². The normalized spacial score (nSPS) is 14.5. The van der Waals surface area contributed by atoms with E-state index >= 15 is 0 Å². The minimum absolute atomic E-state index is 0.0253. The maximum absolute atomic E-state index is 12.8. The fourth-order valence-corrected chi connectivity index (χ4v) is 3.00. The van der Waals surface area contributed by atoms with Crippen LogP contribution in [0, 0.1) is 11.8 Å². The third-order valence-corrected chi connectivity index (χ3v) is 4.46. The molecule has 2 atom stereocenters. The third-order valence-electron chi connectivity index (χ3n) is 4.46. The summed E-state index contributed by atoms with van der Waals surface area (Å²) in [5.41, 5.74) is 4.54. The van der Waals surface area contributed by atoms with Crippen molar-refractivity contribution in [2.75, 3.05) is 6.54 Å². The summed E-state index contributed by atoms with van der Waals surface area (Å²) in [5.74, 6) is -6.93. The number of carboxylic acid groups (broad SMARTS) is 1. The van der Waals surface area contributed by atoms with E-state index in [2.05, 4.69) is 14.2 Å². The van der Waals surface area contributed by atoms with Crippen LogP contribution in [-0.2, 0) is 11.2 Å². The zero-order chi connectivity index (χ0) is 25.6. The molecule has 0 aliphatic heterocycles. The number of alkyl halides is 9. The molecular formula is C18H20F9NO5. The van der Waals surface area contributed by atoms with E-state index in [1.807, 2.05) is 0 Å². The molecule has 1 aromatic carbocycles. The molecule has 0 fully saturated rings. The summed E-state index contributed by atoms with van der Waals surface area (Å²) in [7, 11) is 0. The highest BCUT2D eigenvalue weighted by molar-refractivity contribution is 5.70. The molecule has 1 aromatic rings. The van der Waals surface area contributed by atoms with Crippen LogP contribution in [0.2, 0.25) is 0 Å². The van der Waals surface area contributed by atoms with Gasteiger partial charge in [0, 0.05) is 24.2 Å². The van der Waals surface area contributed by atoms with Crippen LogP contribution in [0.3, 0.4) is 0 Å². The summed E-state index contributed by atoms with van der Waals surface area (Å²) in [6, 6.07) is 0.279. The number of carbonyl (C=O) groups is 1. The van der Waals surface area contributed by atoms with Crippen LogP contribution in [0.15, 0.2) is 12.1 Å². The van der Waals surface area contributed by atoms with Crippen molar-refractivity contribution in [2.45, 2.75) is 51.7 Å². The number of nitrogens with two attached hydrogens (primary N) is 1. The Hall–Kier alpha value is -2.58. The van der Waals surface area contributed by atoms with Crippen molar-refractivity contribution in [2.24, 2.45) is 17.6 Å². The smallest absolute Gasteiger partial charge is 0.481 e. The van der Waals surface area contributed by atoms with E-state index in [4.69, 9.17) is 10.8 Å². The molecule has 33 heavy (non-hydrogen) atoms. The molecule has 0 spiro atoms. The SMILES string of the molecule is CCC(CCc1c(OC(F)(F)F)cc(OC(F)(F)F)cc1OC(F)(F)F)CC(CN)C(=O)O. The molecule has 190 valence electrons. The first-order valence-electron chi connectivity index (χ1n) is 9.31. The van der Waals surface area contributed by atoms with Crippen molar-refractivity contribution in [1.82, 2.24) is 0 Å². The number of hydrogen-bond donors (Lipinski definition) is 2. The van der Waals surface area contributed by atoms with Gasteiger partial charge >= 0.3 is 25.1 Å². The molecule has 15 heteroatoms. The second-order valence-corrected chi connectivity index (χ2v) is 6.86. The Balaban J connectivity index is 3.40. The van der Waals surface area contributed by atoms with Gasteiger partial charge in [0.05, 0.1) is 5.92 Å². The molecule has 3 N–H and O–H groups in total. The van der Waals surface area contributed by atoms with E-state index < -0.39 is 66.1 Å². The average molecular weight is 501 g/mol. The minimum atomic E-state index is -5.46. The zero-order valence-corrected chi connectivity index (χ0v) is 16.9. The molecule has 2 unspecified atom stereocenters. The molecular weight excluding hydrogens is 481 g/mol. The van der Waals surface area contributed by atoms with E-state index in [9.17, 15) is 44.3 Å². The van der Waals surface area contributed by atoms with Gasteiger partial charge in [-0.05, 0) is 25.2 Å². The molecule has 0 amide bonds. The van der Waals surface area contributed by atoms with Gasteiger partial charge in [0.2, 0.25) is 0 Å². The molecule has 6 nitrogen and oxygen atoms in total. The molecule has 0 heterocycles. The summed E-state index contributed by atoms with van der Waals surface area (Å²) < 4.78 is 125. The first-order valence-corrected chi connectivity index (χ1v) is 9.31. The lowest BCUT2D eigenvalue weighted by atomic mass is 9.87. The van der Waals surface area contributed by atoms with Gasteiger partial charge in [-0.1, -0.05) is 13.3 Å². The molecule has 0 aromatic heterocycles. The second-order valence-electron chi connectivity index (χ2n) is 6.86. The zero-order valence-electron chi connectivity index (χ0n) is 16.9. The largest absolute Gasteiger partial charge is 0.573 e. The summed E-state index contributed by atoms with van der Waals surface area (Å²) in [4.78, 5) is 11.2. The van der Waals surface area contributed by atoms with Crippen molar-refractivity contribution in [3.63, 3.8) is 0 Å². The number of benzene rings is 1. The predicted octanol–water partition coefficient (Wildman–Crippen LogP) is 5.39. The van der Waals surface area contributed by atoms with E-state index in [0.29, 0.717) is 6.42 Å². The lowest BCUT2D eigenvalue weighted by Gasteiger charge is -2.22. The summed E-state index contributed by atoms with van der Waals surface area (Å²) in [6.07, 6.45) is -16.8. The van der Waals surface area contributed by atoms with Gasteiger partial charge in [0.15, 0.2) is 0 Å². The van der Waals surface area contributed by atoms with Crippen molar-refractivity contribution < 1.29 is 63.6 Å². The summed E-state index contributed by atoms with van der Waals surface area (Å²) in [6.45, 7) is 1.36. The van der Waals surface area contributed by atoms with Crippen LogP contribution < -0.4 is 19.9 Å². The van der Waals surface area contributed by atoms with Crippen LogP contribution in [0.1, 0.15) is 31.7 Å². The number of hydrogen-bond acceptors (Lipinski definition) is 5. The molecule has 0 saturated heterocycles. The Labute approximate surface area is 181 Å². The number of carboxylic acids is 1. The molecule has 0 aliphatic carbocycles. The van der Waals surface area contributed by atoms with Crippen molar-refractivity contribution >= 4 is 5.97 Å². The lowest BCUT2D eigenvalue weighted by molar-refractivity contribution is -0.278. The molecule has 0 radical (unpaired) electrons. The predicted molar refractivity (Wildman–Crippen MR) is 93.4 cm³/mol. The van der Waals surface area contributed by atoms with Gasteiger partial charge in [-0.3, -0.25) is 4.79 Å². The fourth-order valence-electron chi connectivity index (χ4n) is 3.00. The Morgan fingerprint density at radius 3 is 1.73 bits per heavy atom. The first kappa shape index (κ1) is 28.5. The Morgan fingerprint density at radius 1 is 0.939 bits per heavy atom. The van der Waals surface area contributed by atoms with Crippen molar-refractivity contribution in [3.05, 3.63) is 17.7 Å². The van der Waals surface area contributed by atoms with Crippen molar-refractivity contribution in [3.8, 4) is 17.2 Å². The van der Waals surface area contributed by atoms with Gasteiger partial charge in [0.1, 0.15) is 17.2 Å². The Bertz CT molecular complexity index is 756. The number of ether oxygens (including phenoxy) is 3. The third kappa shape index (κ3) is 10.7. The van der Waals surface area contributed by atoms with Gasteiger partial charge in [-0.25, -0.2) is 0 Å². The van der Waals surface area contributed by atoms with Gasteiger partial charge in [-0.15, -0.1) is 39.5 Å². The van der Waals surface area contributed by atoms with Gasteiger partial charge < -0.3 is 25.1 Å². The number of rotatable bonds is 11. The van der Waals surface area contributed by atoms with Crippen LogP contribution in [-0.4, -0.2) is 36.7 Å². The fraction of sp³-hybridized carbons (Fsp3) is 0.611. The second kappa shape index (κ2) is 11.0. The highest BCUT2D eigenvalue weighted by Crippen LogP contribution is 2.42. The van der Waals surface area contributed by atoms with Crippen LogP contribution >= 0.6 is 0 Å². The first-order chi connectivity index (χ1) is 14.9. The summed E-state index contributed by atoms with van der Waals surface area (Å²) >= 11 is 0. The summed E-state index contributed by atoms with van der Waals surface area (Å²) in [5, 5.41) is 9.09. The van der Waals surface area contributed by atoms with E-state index in [0.717, 1.165) is 0 Å². The van der Waals surface area contributed by atoms with Crippen molar-refractivity contribution in [1.29, 1.82) is 0 Å². The maximum Gasteiger partial charge on any atom is 0.573 e. The minimum Gasteiger partial charge on any atom is -0.481 e.